The average Bonchev–Trinajstić information content (AvgIpc) is 2.71. The Labute approximate surface area is 109 Å². The SMILES string of the molecule is Nc1[nH]ncc1-c1ccc(C=O)c2c1OCCCO2. The van der Waals surface area contributed by atoms with Crippen LogP contribution in [0.5, 0.6) is 11.5 Å². The Bertz CT molecular complexity index is 622. The molecule has 2 aromatic rings. The van der Waals surface area contributed by atoms with Crippen LogP contribution in [-0.2, 0) is 0 Å². The Morgan fingerprint density at radius 1 is 1.21 bits per heavy atom. The van der Waals surface area contributed by atoms with Crippen molar-refractivity contribution in [1.29, 1.82) is 0 Å². The third-order valence-electron chi connectivity index (χ3n) is 3.01. The van der Waals surface area contributed by atoms with Gasteiger partial charge in [-0.2, -0.15) is 5.10 Å². The average molecular weight is 259 g/mol. The molecule has 1 aromatic carbocycles. The molecule has 0 atom stereocenters. The van der Waals surface area contributed by atoms with Gasteiger partial charge in [0.1, 0.15) is 5.82 Å². The van der Waals surface area contributed by atoms with Crippen LogP contribution in [0, 0.1) is 0 Å². The number of ether oxygens (including phenoxy) is 2. The number of nitrogen functional groups attached to an aromatic ring is 1. The van der Waals surface area contributed by atoms with Gasteiger partial charge in [0.25, 0.3) is 0 Å². The van der Waals surface area contributed by atoms with Gasteiger partial charge < -0.3 is 15.2 Å². The summed E-state index contributed by atoms with van der Waals surface area (Å²) in [7, 11) is 0. The molecule has 0 aliphatic carbocycles. The monoisotopic (exact) mass is 259 g/mol. The van der Waals surface area contributed by atoms with Crippen molar-refractivity contribution in [3.8, 4) is 22.6 Å². The fraction of sp³-hybridized carbons (Fsp3) is 0.231. The minimum absolute atomic E-state index is 0.453. The molecule has 2 heterocycles. The van der Waals surface area contributed by atoms with Crippen molar-refractivity contribution in [2.75, 3.05) is 18.9 Å². The van der Waals surface area contributed by atoms with Gasteiger partial charge in [-0.15, -0.1) is 0 Å². The number of H-pyrrole nitrogens is 1. The smallest absolute Gasteiger partial charge is 0.172 e. The maximum absolute atomic E-state index is 11.1. The van der Waals surface area contributed by atoms with Crippen LogP contribution in [0.1, 0.15) is 16.8 Å². The summed E-state index contributed by atoms with van der Waals surface area (Å²) in [4.78, 5) is 11.1. The van der Waals surface area contributed by atoms with Gasteiger partial charge in [0.2, 0.25) is 0 Å². The van der Waals surface area contributed by atoms with E-state index in [9.17, 15) is 4.79 Å². The van der Waals surface area contributed by atoms with Crippen molar-refractivity contribution < 1.29 is 14.3 Å². The molecule has 0 spiro atoms. The van der Waals surface area contributed by atoms with Crippen molar-refractivity contribution in [3.05, 3.63) is 23.9 Å². The summed E-state index contributed by atoms with van der Waals surface area (Å²) in [6.07, 6.45) is 3.16. The summed E-state index contributed by atoms with van der Waals surface area (Å²) in [6, 6.07) is 3.49. The van der Waals surface area contributed by atoms with E-state index in [2.05, 4.69) is 10.2 Å². The molecule has 0 saturated heterocycles. The molecule has 6 nitrogen and oxygen atoms in total. The second kappa shape index (κ2) is 4.64. The van der Waals surface area contributed by atoms with E-state index in [1.807, 2.05) is 0 Å². The van der Waals surface area contributed by atoms with Crippen LogP contribution in [0.25, 0.3) is 11.1 Å². The van der Waals surface area contributed by atoms with E-state index in [4.69, 9.17) is 15.2 Å². The normalized spacial score (nSPS) is 13.9. The van der Waals surface area contributed by atoms with Crippen LogP contribution in [0.2, 0.25) is 0 Å². The zero-order valence-corrected chi connectivity index (χ0v) is 10.2. The number of carbonyl (C=O) groups is 1. The van der Waals surface area contributed by atoms with Gasteiger partial charge in [0, 0.05) is 17.5 Å². The molecule has 3 N–H and O–H groups in total. The van der Waals surface area contributed by atoms with Crippen LogP contribution in [0.3, 0.4) is 0 Å². The molecule has 0 bridgehead atoms. The van der Waals surface area contributed by atoms with E-state index < -0.39 is 0 Å². The van der Waals surface area contributed by atoms with Crippen LogP contribution in [0.4, 0.5) is 5.82 Å². The van der Waals surface area contributed by atoms with Gasteiger partial charge in [0.15, 0.2) is 17.8 Å². The van der Waals surface area contributed by atoms with Gasteiger partial charge in [-0.3, -0.25) is 9.89 Å². The molecule has 0 radical (unpaired) electrons. The Hall–Kier alpha value is -2.50. The highest BCUT2D eigenvalue weighted by molar-refractivity contribution is 5.88. The third kappa shape index (κ3) is 1.91. The van der Waals surface area contributed by atoms with Crippen LogP contribution in [-0.4, -0.2) is 29.7 Å². The number of carbonyl (C=O) groups excluding carboxylic acids is 1. The lowest BCUT2D eigenvalue weighted by Crippen LogP contribution is -1.98. The largest absolute Gasteiger partial charge is 0.489 e. The quantitative estimate of drug-likeness (QED) is 0.800. The molecule has 0 unspecified atom stereocenters. The molecule has 0 fully saturated rings. The van der Waals surface area contributed by atoms with Crippen molar-refractivity contribution in [2.24, 2.45) is 0 Å². The summed E-state index contributed by atoms with van der Waals surface area (Å²) in [5.41, 5.74) is 7.81. The number of nitrogens with zero attached hydrogens (tertiary/aromatic N) is 1. The number of hydrogen-bond acceptors (Lipinski definition) is 5. The first kappa shape index (κ1) is 11.6. The predicted molar refractivity (Wildman–Crippen MR) is 69.4 cm³/mol. The molecule has 1 aliphatic heterocycles. The Kier molecular flexibility index (Phi) is 2.83. The number of aromatic amines is 1. The minimum Gasteiger partial charge on any atom is -0.489 e. The first-order valence-corrected chi connectivity index (χ1v) is 5.98. The van der Waals surface area contributed by atoms with Gasteiger partial charge in [-0.1, -0.05) is 0 Å². The fourth-order valence-corrected chi connectivity index (χ4v) is 2.09. The predicted octanol–water partition coefficient (Wildman–Crippen LogP) is 1.63. The van der Waals surface area contributed by atoms with Crippen molar-refractivity contribution >= 4 is 12.1 Å². The molecule has 6 heteroatoms. The van der Waals surface area contributed by atoms with Crippen LogP contribution < -0.4 is 15.2 Å². The number of nitrogens with two attached hydrogens (primary N) is 1. The molecule has 1 aromatic heterocycles. The summed E-state index contributed by atoms with van der Waals surface area (Å²) in [5.74, 6) is 1.48. The maximum Gasteiger partial charge on any atom is 0.172 e. The first-order chi connectivity index (χ1) is 9.31. The van der Waals surface area contributed by atoms with Gasteiger partial charge in [-0.25, -0.2) is 0 Å². The molecule has 98 valence electrons. The molecule has 3 rings (SSSR count). The van der Waals surface area contributed by atoms with Crippen molar-refractivity contribution in [3.63, 3.8) is 0 Å². The summed E-state index contributed by atoms with van der Waals surface area (Å²) in [5, 5.41) is 6.58. The highest BCUT2D eigenvalue weighted by Gasteiger charge is 2.21. The van der Waals surface area contributed by atoms with E-state index in [0.717, 1.165) is 23.8 Å². The lowest BCUT2D eigenvalue weighted by atomic mass is 10.0. The highest BCUT2D eigenvalue weighted by atomic mass is 16.5. The highest BCUT2D eigenvalue weighted by Crippen LogP contribution is 2.42. The number of benzene rings is 1. The molecular formula is C13H13N3O3. The number of rotatable bonds is 2. The number of fused-ring (bicyclic) bond motifs is 1. The second-order valence-corrected chi connectivity index (χ2v) is 4.23. The zero-order valence-electron chi connectivity index (χ0n) is 10.2. The van der Waals surface area contributed by atoms with Gasteiger partial charge in [0.05, 0.1) is 25.0 Å². The van der Waals surface area contributed by atoms with E-state index >= 15 is 0 Å². The molecule has 19 heavy (non-hydrogen) atoms. The van der Waals surface area contributed by atoms with Gasteiger partial charge in [-0.05, 0) is 12.1 Å². The Balaban J connectivity index is 2.21. The zero-order chi connectivity index (χ0) is 13.2. The molecular weight excluding hydrogens is 246 g/mol. The number of anilines is 1. The Morgan fingerprint density at radius 2 is 2.00 bits per heavy atom. The first-order valence-electron chi connectivity index (χ1n) is 5.98. The molecule has 0 amide bonds. The van der Waals surface area contributed by atoms with Crippen LogP contribution >= 0.6 is 0 Å². The number of nitrogens with one attached hydrogen (secondary N) is 1. The lowest BCUT2D eigenvalue weighted by molar-refractivity contribution is 0.111. The van der Waals surface area contributed by atoms with Gasteiger partial charge >= 0.3 is 0 Å². The fourth-order valence-electron chi connectivity index (χ4n) is 2.09. The third-order valence-corrected chi connectivity index (χ3v) is 3.01. The lowest BCUT2D eigenvalue weighted by Gasteiger charge is -2.13. The minimum atomic E-state index is 0.453. The van der Waals surface area contributed by atoms with E-state index in [1.165, 1.54) is 0 Å². The van der Waals surface area contributed by atoms with E-state index in [0.29, 0.717) is 36.1 Å². The topological polar surface area (TPSA) is 90.2 Å². The maximum atomic E-state index is 11.1. The molecule has 0 saturated carbocycles. The summed E-state index contributed by atoms with van der Waals surface area (Å²) in [6.45, 7) is 1.07. The number of aromatic nitrogens is 2. The molecule has 1 aliphatic rings. The van der Waals surface area contributed by atoms with Crippen molar-refractivity contribution in [2.45, 2.75) is 6.42 Å². The summed E-state index contributed by atoms with van der Waals surface area (Å²) < 4.78 is 11.3. The second-order valence-electron chi connectivity index (χ2n) is 4.23. The van der Waals surface area contributed by atoms with E-state index in [-0.39, 0.29) is 0 Å². The van der Waals surface area contributed by atoms with E-state index in [1.54, 1.807) is 18.3 Å². The standard InChI is InChI=1S/C13H13N3O3/c14-13-10(6-15-16-13)9-3-2-8(7-17)11-12(9)19-5-1-4-18-11/h2-3,6-7H,1,4-5H2,(H3,14,15,16). The number of hydrogen-bond donors (Lipinski definition) is 2. The van der Waals surface area contributed by atoms with Crippen LogP contribution in [0.15, 0.2) is 18.3 Å². The Morgan fingerprint density at radius 3 is 2.68 bits per heavy atom. The summed E-state index contributed by atoms with van der Waals surface area (Å²) >= 11 is 0. The van der Waals surface area contributed by atoms with Crippen molar-refractivity contribution in [1.82, 2.24) is 10.2 Å². The number of aldehydes is 1.